The molecule has 0 spiro atoms. The molecule has 1 N–H and O–H groups in total. The fourth-order valence-electron chi connectivity index (χ4n) is 2.87. The van der Waals surface area contributed by atoms with Crippen molar-refractivity contribution in [2.24, 2.45) is 0 Å². The van der Waals surface area contributed by atoms with Gasteiger partial charge in [0.05, 0.1) is 10.7 Å². The van der Waals surface area contributed by atoms with Gasteiger partial charge in [0, 0.05) is 17.7 Å². The quantitative estimate of drug-likeness (QED) is 0.752. The summed E-state index contributed by atoms with van der Waals surface area (Å²) in [6.07, 6.45) is 0.757. The van der Waals surface area contributed by atoms with Crippen molar-refractivity contribution in [1.29, 1.82) is 0 Å². The van der Waals surface area contributed by atoms with E-state index in [1.807, 2.05) is 0 Å². The zero-order chi connectivity index (χ0) is 16.0. The van der Waals surface area contributed by atoms with Crippen molar-refractivity contribution < 1.29 is 8.78 Å². The molecule has 3 nitrogen and oxygen atoms in total. The third-order valence-electron chi connectivity index (χ3n) is 3.92. The Morgan fingerprint density at radius 1 is 1.13 bits per heavy atom. The van der Waals surface area contributed by atoms with Crippen molar-refractivity contribution in [1.82, 2.24) is 9.78 Å². The van der Waals surface area contributed by atoms with E-state index in [-0.39, 0.29) is 10.8 Å². The molecule has 1 aliphatic heterocycles. The van der Waals surface area contributed by atoms with Gasteiger partial charge in [0.25, 0.3) is 0 Å². The first-order valence-corrected chi connectivity index (χ1v) is 7.59. The molecule has 0 aliphatic carbocycles. The van der Waals surface area contributed by atoms with Crippen molar-refractivity contribution >= 4 is 17.4 Å². The van der Waals surface area contributed by atoms with Gasteiger partial charge in [-0.15, -0.1) is 0 Å². The zero-order valence-corrected chi connectivity index (χ0v) is 12.7. The van der Waals surface area contributed by atoms with Crippen LogP contribution >= 0.6 is 11.6 Å². The van der Waals surface area contributed by atoms with Gasteiger partial charge in [0.1, 0.15) is 23.1 Å². The summed E-state index contributed by atoms with van der Waals surface area (Å²) >= 11 is 6.17. The number of nitrogens with zero attached hydrogens (tertiary/aromatic N) is 2. The summed E-state index contributed by atoms with van der Waals surface area (Å²) < 4.78 is 29.0. The number of hydrogen-bond donors (Lipinski definition) is 1. The molecular weight excluding hydrogens is 320 g/mol. The Kier molecular flexibility index (Phi) is 3.31. The molecular formula is C17H12ClF2N3. The van der Waals surface area contributed by atoms with Crippen LogP contribution in [0.4, 0.5) is 14.6 Å². The van der Waals surface area contributed by atoms with E-state index >= 15 is 0 Å². The van der Waals surface area contributed by atoms with Crippen molar-refractivity contribution in [3.8, 4) is 16.9 Å². The molecule has 0 radical (unpaired) electrons. The van der Waals surface area contributed by atoms with Crippen LogP contribution in [0.5, 0.6) is 0 Å². The molecule has 2 heterocycles. The normalized spacial score (nSPS) is 13.0. The first kappa shape index (κ1) is 14.2. The number of anilines is 1. The number of hydrogen-bond acceptors (Lipinski definition) is 2. The number of fused-ring (bicyclic) bond motifs is 1. The molecule has 0 unspecified atom stereocenters. The lowest BCUT2D eigenvalue weighted by Crippen LogP contribution is -2.05. The van der Waals surface area contributed by atoms with Crippen molar-refractivity contribution in [2.75, 3.05) is 11.9 Å². The van der Waals surface area contributed by atoms with E-state index in [0.29, 0.717) is 16.9 Å². The van der Waals surface area contributed by atoms with Gasteiger partial charge in [-0.1, -0.05) is 23.7 Å². The molecule has 0 atom stereocenters. The largest absolute Gasteiger partial charge is 0.369 e. The molecule has 2 aromatic carbocycles. The van der Waals surface area contributed by atoms with Gasteiger partial charge in [-0.2, -0.15) is 5.10 Å². The SMILES string of the molecule is Fc1ccc(-c2nn(-c3ccccc3F)c3c2CCN3)c(Cl)c1. The van der Waals surface area contributed by atoms with Crippen LogP contribution in [0, 0.1) is 11.6 Å². The molecule has 0 fully saturated rings. The summed E-state index contributed by atoms with van der Waals surface area (Å²) in [7, 11) is 0. The lowest BCUT2D eigenvalue weighted by atomic mass is 10.1. The smallest absolute Gasteiger partial charge is 0.148 e. The molecule has 1 aliphatic rings. The predicted molar refractivity (Wildman–Crippen MR) is 86.1 cm³/mol. The van der Waals surface area contributed by atoms with Crippen LogP contribution in [0.1, 0.15) is 5.56 Å². The van der Waals surface area contributed by atoms with Gasteiger partial charge in [0.2, 0.25) is 0 Å². The number of rotatable bonds is 2. The summed E-state index contributed by atoms with van der Waals surface area (Å²) in [6.45, 7) is 0.744. The van der Waals surface area contributed by atoms with Gasteiger partial charge in [-0.25, -0.2) is 13.5 Å². The topological polar surface area (TPSA) is 29.9 Å². The Morgan fingerprint density at radius 2 is 1.96 bits per heavy atom. The maximum Gasteiger partial charge on any atom is 0.148 e. The Balaban J connectivity index is 1.94. The van der Waals surface area contributed by atoms with Crippen molar-refractivity contribution in [3.05, 3.63) is 64.7 Å². The Bertz CT molecular complexity index is 905. The van der Waals surface area contributed by atoms with Crippen molar-refractivity contribution in [3.63, 3.8) is 0 Å². The third kappa shape index (κ3) is 2.28. The van der Waals surface area contributed by atoms with Crippen LogP contribution in [0.15, 0.2) is 42.5 Å². The predicted octanol–water partition coefficient (Wildman–Crippen LogP) is 4.44. The minimum atomic E-state index is -0.401. The monoisotopic (exact) mass is 331 g/mol. The molecule has 116 valence electrons. The molecule has 23 heavy (non-hydrogen) atoms. The second-order valence-electron chi connectivity index (χ2n) is 5.34. The van der Waals surface area contributed by atoms with Crippen molar-refractivity contribution in [2.45, 2.75) is 6.42 Å². The second-order valence-corrected chi connectivity index (χ2v) is 5.75. The Morgan fingerprint density at radius 3 is 2.74 bits per heavy atom. The first-order valence-electron chi connectivity index (χ1n) is 7.21. The lowest BCUT2D eigenvalue weighted by Gasteiger charge is -2.07. The number of halogens is 3. The van der Waals surface area contributed by atoms with E-state index in [4.69, 9.17) is 11.6 Å². The number of para-hydroxylation sites is 1. The summed E-state index contributed by atoms with van der Waals surface area (Å²) in [4.78, 5) is 0. The van der Waals surface area contributed by atoms with Crippen LogP contribution in [0.3, 0.4) is 0 Å². The van der Waals surface area contributed by atoms with Crippen LogP contribution in [0.2, 0.25) is 5.02 Å². The van der Waals surface area contributed by atoms with Gasteiger partial charge in [0.15, 0.2) is 0 Å². The van der Waals surface area contributed by atoms with E-state index in [0.717, 1.165) is 24.3 Å². The van der Waals surface area contributed by atoms with E-state index in [1.165, 1.54) is 18.2 Å². The lowest BCUT2D eigenvalue weighted by molar-refractivity contribution is 0.612. The zero-order valence-electron chi connectivity index (χ0n) is 12.0. The highest BCUT2D eigenvalue weighted by Crippen LogP contribution is 2.37. The maximum absolute atomic E-state index is 14.1. The molecule has 0 saturated heterocycles. The average molecular weight is 332 g/mol. The standard InChI is InChI=1S/C17H12ClF2N3/c18-13-9-10(19)5-6-11(13)16-12-7-8-21-17(12)23(22-16)15-4-2-1-3-14(15)20/h1-6,9,21H,7-8H2. The van der Waals surface area contributed by atoms with Crippen LogP contribution in [-0.4, -0.2) is 16.3 Å². The summed E-state index contributed by atoms with van der Waals surface area (Å²) in [5, 5.41) is 8.05. The van der Waals surface area contributed by atoms with Gasteiger partial charge in [-0.05, 0) is 36.8 Å². The van der Waals surface area contributed by atoms with E-state index in [9.17, 15) is 8.78 Å². The average Bonchev–Trinajstić information content (AvgIpc) is 3.11. The fourth-order valence-corrected chi connectivity index (χ4v) is 3.13. The highest BCUT2D eigenvalue weighted by atomic mass is 35.5. The number of aromatic nitrogens is 2. The minimum absolute atomic E-state index is 0.290. The van der Waals surface area contributed by atoms with E-state index < -0.39 is 5.82 Å². The Hall–Kier alpha value is -2.40. The fraction of sp³-hybridized carbons (Fsp3) is 0.118. The van der Waals surface area contributed by atoms with Gasteiger partial charge in [-0.3, -0.25) is 0 Å². The summed E-state index contributed by atoms with van der Waals surface area (Å²) in [5.74, 6) is -0.00389. The van der Waals surface area contributed by atoms with Crippen LogP contribution < -0.4 is 5.32 Å². The summed E-state index contributed by atoms with van der Waals surface area (Å²) in [6, 6.07) is 10.7. The van der Waals surface area contributed by atoms with E-state index in [2.05, 4.69) is 10.4 Å². The van der Waals surface area contributed by atoms with Crippen LogP contribution in [-0.2, 0) is 6.42 Å². The molecule has 3 aromatic rings. The molecule has 0 amide bonds. The molecule has 6 heteroatoms. The summed E-state index contributed by atoms with van der Waals surface area (Å²) in [5.41, 5.74) is 2.62. The molecule has 4 rings (SSSR count). The van der Waals surface area contributed by atoms with Crippen LogP contribution in [0.25, 0.3) is 16.9 Å². The molecule has 0 bridgehead atoms. The van der Waals surface area contributed by atoms with Gasteiger partial charge < -0.3 is 5.32 Å². The molecule has 1 aromatic heterocycles. The maximum atomic E-state index is 14.1. The third-order valence-corrected chi connectivity index (χ3v) is 4.23. The minimum Gasteiger partial charge on any atom is -0.369 e. The van der Waals surface area contributed by atoms with E-state index in [1.54, 1.807) is 28.9 Å². The molecule has 0 saturated carbocycles. The highest BCUT2D eigenvalue weighted by molar-refractivity contribution is 6.33. The second kappa shape index (κ2) is 5.35. The Labute approximate surface area is 136 Å². The highest BCUT2D eigenvalue weighted by Gasteiger charge is 2.26. The van der Waals surface area contributed by atoms with Gasteiger partial charge >= 0.3 is 0 Å². The number of nitrogens with one attached hydrogen (secondary N) is 1. The number of benzene rings is 2. The first-order chi connectivity index (χ1) is 11.1.